The summed E-state index contributed by atoms with van der Waals surface area (Å²) < 4.78 is 0. The number of pyridine rings is 1. The number of hydrogen-bond acceptors (Lipinski definition) is 2. The van der Waals surface area contributed by atoms with E-state index < -0.39 is 0 Å². The molecule has 2 rings (SSSR count). The molecule has 1 aliphatic rings. The van der Waals surface area contributed by atoms with Crippen molar-refractivity contribution in [2.45, 2.75) is 39.0 Å². The molecular formula is C13H16ClNO. The Morgan fingerprint density at radius 3 is 2.62 bits per heavy atom. The minimum Gasteiger partial charge on any atom is -0.294 e. The van der Waals surface area contributed by atoms with E-state index in [-0.39, 0.29) is 11.7 Å². The van der Waals surface area contributed by atoms with Crippen LogP contribution in [-0.4, -0.2) is 10.8 Å². The molecule has 1 heterocycles. The van der Waals surface area contributed by atoms with Crippen LogP contribution in [0.4, 0.5) is 0 Å². The van der Waals surface area contributed by atoms with E-state index in [1.54, 1.807) is 0 Å². The third kappa shape index (κ3) is 2.43. The molecule has 0 aromatic carbocycles. The van der Waals surface area contributed by atoms with E-state index in [4.69, 9.17) is 11.6 Å². The van der Waals surface area contributed by atoms with E-state index in [9.17, 15) is 4.79 Å². The lowest BCUT2D eigenvalue weighted by molar-refractivity contribution is 0.0889. The quantitative estimate of drug-likeness (QED) is 0.578. The van der Waals surface area contributed by atoms with Gasteiger partial charge >= 0.3 is 0 Å². The maximum atomic E-state index is 12.2. The summed E-state index contributed by atoms with van der Waals surface area (Å²) in [5, 5.41) is 0.357. The van der Waals surface area contributed by atoms with Crippen LogP contribution in [0.25, 0.3) is 0 Å². The van der Waals surface area contributed by atoms with Crippen molar-refractivity contribution in [1.82, 2.24) is 4.98 Å². The molecule has 1 aliphatic carbocycles. The SMILES string of the molecule is Cc1ccc(C(=O)C2CCCCC2)c(Cl)n1. The van der Waals surface area contributed by atoms with Gasteiger partial charge in [0.05, 0.1) is 5.56 Å². The summed E-state index contributed by atoms with van der Waals surface area (Å²) in [6.07, 6.45) is 5.58. The molecule has 0 unspecified atom stereocenters. The standard InChI is InChI=1S/C13H16ClNO/c1-9-7-8-11(13(14)15-9)12(16)10-5-3-2-4-6-10/h7-8,10H,2-6H2,1H3. The Bertz CT molecular complexity index is 397. The van der Waals surface area contributed by atoms with Crippen molar-refractivity contribution in [3.63, 3.8) is 0 Å². The van der Waals surface area contributed by atoms with Gasteiger partial charge in [0.25, 0.3) is 0 Å². The maximum absolute atomic E-state index is 12.2. The minimum atomic E-state index is 0.163. The van der Waals surface area contributed by atoms with E-state index in [1.165, 1.54) is 6.42 Å². The van der Waals surface area contributed by atoms with Gasteiger partial charge in [-0.2, -0.15) is 0 Å². The van der Waals surface area contributed by atoms with Gasteiger partial charge < -0.3 is 0 Å². The summed E-state index contributed by atoms with van der Waals surface area (Å²) in [4.78, 5) is 16.3. The highest BCUT2D eigenvalue weighted by Gasteiger charge is 2.24. The molecule has 2 nitrogen and oxygen atoms in total. The number of aryl methyl sites for hydroxylation is 1. The zero-order chi connectivity index (χ0) is 11.5. The van der Waals surface area contributed by atoms with E-state index in [2.05, 4.69) is 4.98 Å². The third-order valence-electron chi connectivity index (χ3n) is 3.23. The molecule has 1 saturated carbocycles. The largest absolute Gasteiger partial charge is 0.294 e. The highest BCUT2D eigenvalue weighted by atomic mass is 35.5. The molecular weight excluding hydrogens is 222 g/mol. The Kier molecular flexibility index (Phi) is 3.59. The first-order valence-electron chi connectivity index (χ1n) is 5.86. The summed E-state index contributed by atoms with van der Waals surface area (Å²) in [7, 11) is 0. The van der Waals surface area contributed by atoms with Gasteiger partial charge in [-0.3, -0.25) is 4.79 Å². The zero-order valence-corrected chi connectivity index (χ0v) is 10.3. The Morgan fingerprint density at radius 2 is 2.00 bits per heavy atom. The third-order valence-corrected chi connectivity index (χ3v) is 3.52. The van der Waals surface area contributed by atoms with Crippen molar-refractivity contribution < 1.29 is 4.79 Å². The molecule has 0 spiro atoms. The first-order valence-corrected chi connectivity index (χ1v) is 6.23. The molecule has 0 radical (unpaired) electrons. The van der Waals surface area contributed by atoms with Gasteiger partial charge in [0, 0.05) is 11.6 Å². The number of nitrogens with zero attached hydrogens (tertiary/aromatic N) is 1. The molecule has 1 fully saturated rings. The average molecular weight is 238 g/mol. The van der Waals surface area contributed by atoms with Gasteiger partial charge in [0.15, 0.2) is 5.78 Å². The monoisotopic (exact) mass is 237 g/mol. The van der Waals surface area contributed by atoms with Gasteiger partial charge in [-0.05, 0) is 31.9 Å². The highest BCUT2D eigenvalue weighted by Crippen LogP contribution is 2.28. The molecule has 1 aromatic rings. The molecule has 1 aromatic heterocycles. The van der Waals surface area contributed by atoms with Crippen molar-refractivity contribution in [1.29, 1.82) is 0 Å². The Hall–Kier alpha value is -0.890. The predicted octanol–water partition coefficient (Wildman–Crippen LogP) is 3.81. The second-order valence-corrected chi connectivity index (χ2v) is 4.85. The molecule has 0 N–H and O–H groups in total. The van der Waals surface area contributed by atoms with Crippen molar-refractivity contribution in [3.05, 3.63) is 28.5 Å². The summed E-state index contributed by atoms with van der Waals surface area (Å²) in [5.74, 6) is 0.341. The average Bonchev–Trinajstić information content (AvgIpc) is 2.29. The first-order chi connectivity index (χ1) is 7.68. The molecule has 86 valence electrons. The van der Waals surface area contributed by atoms with Crippen LogP contribution in [0.3, 0.4) is 0 Å². The van der Waals surface area contributed by atoms with E-state index in [0.717, 1.165) is 31.4 Å². The summed E-state index contributed by atoms with van der Waals surface area (Å²) >= 11 is 6.01. The van der Waals surface area contributed by atoms with Crippen LogP contribution in [0.2, 0.25) is 5.15 Å². The second-order valence-electron chi connectivity index (χ2n) is 4.49. The van der Waals surface area contributed by atoms with Gasteiger partial charge in [0.1, 0.15) is 5.15 Å². The zero-order valence-electron chi connectivity index (χ0n) is 9.50. The van der Waals surface area contributed by atoms with E-state index >= 15 is 0 Å². The topological polar surface area (TPSA) is 30.0 Å². The lowest BCUT2D eigenvalue weighted by atomic mass is 9.84. The van der Waals surface area contributed by atoms with Gasteiger partial charge in [-0.15, -0.1) is 0 Å². The molecule has 16 heavy (non-hydrogen) atoms. The fourth-order valence-corrected chi connectivity index (χ4v) is 2.58. The highest BCUT2D eigenvalue weighted by molar-refractivity contribution is 6.32. The molecule has 0 atom stereocenters. The van der Waals surface area contributed by atoms with E-state index in [1.807, 2.05) is 19.1 Å². The van der Waals surface area contributed by atoms with Crippen LogP contribution in [0.5, 0.6) is 0 Å². The number of hydrogen-bond donors (Lipinski definition) is 0. The number of ketones is 1. The lowest BCUT2D eigenvalue weighted by Crippen LogP contribution is -2.18. The number of aromatic nitrogens is 1. The number of carbonyl (C=O) groups excluding carboxylic acids is 1. The fourth-order valence-electron chi connectivity index (χ4n) is 2.29. The maximum Gasteiger partial charge on any atom is 0.169 e. The Morgan fingerprint density at radius 1 is 1.31 bits per heavy atom. The Balaban J connectivity index is 2.19. The molecule has 0 amide bonds. The second kappa shape index (κ2) is 4.96. The summed E-state index contributed by atoms with van der Waals surface area (Å²) in [5.41, 5.74) is 1.45. The number of Topliss-reactive ketones (excluding diaryl/α,β-unsaturated/α-hetero) is 1. The number of halogens is 1. The smallest absolute Gasteiger partial charge is 0.169 e. The molecule has 0 saturated heterocycles. The van der Waals surface area contributed by atoms with Gasteiger partial charge in [-0.25, -0.2) is 4.98 Å². The lowest BCUT2D eigenvalue weighted by Gasteiger charge is -2.20. The normalized spacial score (nSPS) is 17.4. The summed E-state index contributed by atoms with van der Waals surface area (Å²) in [6, 6.07) is 3.66. The van der Waals surface area contributed by atoms with Crippen LogP contribution in [0.1, 0.15) is 48.2 Å². The van der Waals surface area contributed by atoms with Crippen molar-refractivity contribution in [3.8, 4) is 0 Å². The molecule has 3 heteroatoms. The van der Waals surface area contributed by atoms with Crippen LogP contribution in [0, 0.1) is 12.8 Å². The number of rotatable bonds is 2. The predicted molar refractivity (Wildman–Crippen MR) is 64.9 cm³/mol. The van der Waals surface area contributed by atoms with Crippen LogP contribution in [-0.2, 0) is 0 Å². The van der Waals surface area contributed by atoms with Gasteiger partial charge in [0.2, 0.25) is 0 Å². The number of carbonyl (C=O) groups is 1. The van der Waals surface area contributed by atoms with E-state index in [0.29, 0.717) is 10.7 Å². The molecule has 0 bridgehead atoms. The van der Waals surface area contributed by atoms with Crippen LogP contribution in [0.15, 0.2) is 12.1 Å². The first kappa shape index (κ1) is 11.6. The summed E-state index contributed by atoms with van der Waals surface area (Å²) in [6.45, 7) is 1.88. The van der Waals surface area contributed by atoms with Crippen molar-refractivity contribution in [2.24, 2.45) is 5.92 Å². The van der Waals surface area contributed by atoms with Crippen LogP contribution >= 0.6 is 11.6 Å². The van der Waals surface area contributed by atoms with Crippen molar-refractivity contribution in [2.75, 3.05) is 0 Å². The fraction of sp³-hybridized carbons (Fsp3) is 0.538. The molecule has 0 aliphatic heterocycles. The van der Waals surface area contributed by atoms with Crippen molar-refractivity contribution >= 4 is 17.4 Å². The van der Waals surface area contributed by atoms with Crippen LogP contribution < -0.4 is 0 Å². The minimum absolute atomic E-state index is 0.163. The Labute approximate surface area is 101 Å². The van der Waals surface area contributed by atoms with Gasteiger partial charge in [-0.1, -0.05) is 30.9 Å².